The topological polar surface area (TPSA) is 67.3 Å². The maximum absolute atomic E-state index is 13.0. The molecule has 0 saturated carbocycles. The molecule has 4 rings (SSSR count). The zero-order chi connectivity index (χ0) is 22.0. The first kappa shape index (κ1) is 20.7. The van der Waals surface area contributed by atoms with Crippen LogP contribution in [0.1, 0.15) is 39.9 Å². The molecule has 4 aromatic rings. The Balaban J connectivity index is 1.44. The molecule has 0 fully saturated rings. The van der Waals surface area contributed by atoms with Gasteiger partial charge >= 0.3 is 0 Å². The highest BCUT2D eigenvalue weighted by atomic mass is 16.1. The predicted octanol–water partition coefficient (Wildman–Crippen LogP) is 3.04. The monoisotopic (exact) mass is 415 g/mol. The fourth-order valence-corrected chi connectivity index (χ4v) is 3.75. The Morgan fingerprint density at radius 2 is 1.94 bits per heavy atom. The average Bonchev–Trinajstić information content (AvgIpc) is 2.75. The molecule has 31 heavy (non-hydrogen) atoms. The number of benzene rings is 1. The zero-order valence-corrected chi connectivity index (χ0v) is 18.2. The summed E-state index contributed by atoms with van der Waals surface area (Å²) in [4.78, 5) is 30.2. The maximum Gasteiger partial charge on any atom is 0.265 e. The molecule has 0 saturated heterocycles. The SMILES string of the molecule is Cc1cc2nc3ccc(C(=O)NCCCCc4ccc[n+](C)c4)cn3c(=O)c2cc1C. The number of hydrogen-bond donors (Lipinski definition) is 1. The molecule has 1 N–H and O–H groups in total. The summed E-state index contributed by atoms with van der Waals surface area (Å²) in [6.07, 6.45) is 8.58. The maximum atomic E-state index is 13.0. The molecule has 3 aromatic heterocycles. The van der Waals surface area contributed by atoms with E-state index in [0.29, 0.717) is 28.7 Å². The van der Waals surface area contributed by atoms with E-state index in [1.165, 1.54) is 9.96 Å². The Morgan fingerprint density at radius 3 is 2.74 bits per heavy atom. The average molecular weight is 416 g/mol. The molecular formula is C25H27N4O2+. The van der Waals surface area contributed by atoms with Crippen LogP contribution in [0, 0.1) is 13.8 Å². The van der Waals surface area contributed by atoms with Crippen LogP contribution in [-0.2, 0) is 13.5 Å². The fraction of sp³-hybridized carbons (Fsp3) is 0.280. The number of aromatic nitrogens is 3. The van der Waals surface area contributed by atoms with Gasteiger partial charge in [0.25, 0.3) is 11.5 Å². The van der Waals surface area contributed by atoms with Gasteiger partial charge < -0.3 is 5.32 Å². The number of aryl methyl sites for hydroxylation is 4. The summed E-state index contributed by atoms with van der Waals surface area (Å²) in [7, 11) is 2.01. The highest BCUT2D eigenvalue weighted by molar-refractivity contribution is 5.94. The highest BCUT2D eigenvalue weighted by Gasteiger charge is 2.11. The lowest BCUT2D eigenvalue weighted by atomic mass is 10.1. The van der Waals surface area contributed by atoms with Crippen molar-refractivity contribution in [2.75, 3.05) is 6.54 Å². The molecule has 1 amide bonds. The molecule has 0 radical (unpaired) electrons. The van der Waals surface area contributed by atoms with E-state index >= 15 is 0 Å². The summed E-state index contributed by atoms with van der Waals surface area (Å²) in [5.74, 6) is -0.180. The van der Waals surface area contributed by atoms with Gasteiger partial charge in [-0.2, -0.15) is 0 Å². The molecule has 0 aliphatic heterocycles. The number of nitrogens with one attached hydrogen (secondary N) is 1. The number of carbonyl (C=O) groups is 1. The second-order valence-electron chi connectivity index (χ2n) is 8.11. The van der Waals surface area contributed by atoms with Gasteiger partial charge in [-0.3, -0.25) is 14.0 Å². The van der Waals surface area contributed by atoms with Crippen molar-refractivity contribution in [3.63, 3.8) is 0 Å². The second kappa shape index (κ2) is 8.68. The molecule has 6 heteroatoms. The Bertz CT molecular complexity index is 1340. The highest BCUT2D eigenvalue weighted by Crippen LogP contribution is 2.16. The minimum Gasteiger partial charge on any atom is -0.352 e. The van der Waals surface area contributed by atoms with Crippen LogP contribution in [0.25, 0.3) is 16.6 Å². The van der Waals surface area contributed by atoms with Gasteiger partial charge in [0.2, 0.25) is 0 Å². The van der Waals surface area contributed by atoms with Crippen LogP contribution in [0.2, 0.25) is 0 Å². The molecule has 1 aromatic carbocycles. The van der Waals surface area contributed by atoms with E-state index in [1.54, 1.807) is 18.3 Å². The van der Waals surface area contributed by atoms with E-state index in [0.717, 1.165) is 30.4 Å². The number of nitrogens with zero attached hydrogens (tertiary/aromatic N) is 3. The van der Waals surface area contributed by atoms with Gasteiger partial charge in [-0.05, 0) is 74.6 Å². The van der Waals surface area contributed by atoms with E-state index < -0.39 is 0 Å². The van der Waals surface area contributed by atoms with Gasteiger partial charge in [0.1, 0.15) is 12.7 Å². The summed E-state index contributed by atoms with van der Waals surface area (Å²) in [5.41, 5.74) is 4.94. The van der Waals surface area contributed by atoms with Crippen LogP contribution >= 0.6 is 0 Å². The van der Waals surface area contributed by atoms with Crippen LogP contribution in [-0.4, -0.2) is 21.8 Å². The first-order valence-electron chi connectivity index (χ1n) is 10.6. The van der Waals surface area contributed by atoms with Crippen LogP contribution in [0.5, 0.6) is 0 Å². The van der Waals surface area contributed by atoms with Crippen LogP contribution in [0.4, 0.5) is 0 Å². The molecule has 3 heterocycles. The Labute approximate surface area is 181 Å². The van der Waals surface area contributed by atoms with Gasteiger partial charge in [0.05, 0.1) is 16.5 Å². The van der Waals surface area contributed by atoms with E-state index in [1.807, 2.05) is 49.9 Å². The van der Waals surface area contributed by atoms with Crippen molar-refractivity contribution in [3.8, 4) is 0 Å². The molecule has 0 bridgehead atoms. The Hall–Kier alpha value is -3.54. The Kier molecular flexibility index (Phi) is 5.80. The number of unbranched alkanes of at least 4 members (excludes halogenated alkanes) is 1. The lowest BCUT2D eigenvalue weighted by Crippen LogP contribution is -2.27. The van der Waals surface area contributed by atoms with E-state index in [9.17, 15) is 9.59 Å². The van der Waals surface area contributed by atoms with E-state index in [-0.39, 0.29) is 11.5 Å². The molecule has 6 nitrogen and oxygen atoms in total. The van der Waals surface area contributed by atoms with Crippen LogP contribution in [0.15, 0.2) is 59.8 Å². The third-order valence-corrected chi connectivity index (χ3v) is 5.66. The normalized spacial score (nSPS) is 11.2. The molecule has 0 unspecified atom stereocenters. The number of fused-ring (bicyclic) bond motifs is 2. The van der Waals surface area contributed by atoms with Crippen molar-refractivity contribution in [1.82, 2.24) is 14.7 Å². The minimum atomic E-state index is -0.180. The summed E-state index contributed by atoms with van der Waals surface area (Å²) in [6.45, 7) is 4.58. The van der Waals surface area contributed by atoms with Crippen molar-refractivity contribution in [1.29, 1.82) is 0 Å². The van der Waals surface area contributed by atoms with Crippen molar-refractivity contribution in [2.45, 2.75) is 33.1 Å². The van der Waals surface area contributed by atoms with Gasteiger partial charge in [0, 0.05) is 24.4 Å². The Morgan fingerprint density at radius 1 is 1.13 bits per heavy atom. The third kappa shape index (κ3) is 4.48. The van der Waals surface area contributed by atoms with Crippen molar-refractivity contribution in [3.05, 3.63) is 87.6 Å². The van der Waals surface area contributed by atoms with Gasteiger partial charge in [-0.15, -0.1) is 0 Å². The number of rotatable bonds is 6. The van der Waals surface area contributed by atoms with Gasteiger partial charge in [-0.25, -0.2) is 9.55 Å². The molecular weight excluding hydrogens is 388 g/mol. The summed E-state index contributed by atoms with van der Waals surface area (Å²) >= 11 is 0. The summed E-state index contributed by atoms with van der Waals surface area (Å²) in [6, 6.07) is 11.4. The standard InChI is InChI=1S/C25H26N4O2/c1-17-13-21-22(14-18(17)2)27-23-10-9-20(16-29(23)25(21)31)24(30)26-11-5-4-7-19-8-6-12-28(3)15-19/h6,8-10,12-16H,4-5,7,11H2,1-3H3/p+1. The quantitative estimate of drug-likeness (QED) is 0.299. The van der Waals surface area contributed by atoms with Crippen molar-refractivity contribution in [2.24, 2.45) is 7.05 Å². The fourth-order valence-electron chi connectivity index (χ4n) is 3.75. The molecule has 0 aliphatic carbocycles. The lowest BCUT2D eigenvalue weighted by Gasteiger charge is -2.09. The van der Waals surface area contributed by atoms with E-state index in [2.05, 4.69) is 22.6 Å². The van der Waals surface area contributed by atoms with Crippen molar-refractivity contribution >= 4 is 22.5 Å². The largest absolute Gasteiger partial charge is 0.352 e. The molecule has 158 valence electrons. The predicted molar refractivity (Wildman–Crippen MR) is 121 cm³/mol. The molecule has 0 aliphatic rings. The third-order valence-electron chi connectivity index (χ3n) is 5.66. The smallest absolute Gasteiger partial charge is 0.265 e. The number of pyridine rings is 2. The van der Waals surface area contributed by atoms with Crippen LogP contribution in [0.3, 0.4) is 0 Å². The second-order valence-corrected chi connectivity index (χ2v) is 8.11. The molecule has 0 atom stereocenters. The lowest BCUT2D eigenvalue weighted by molar-refractivity contribution is -0.671. The first-order valence-corrected chi connectivity index (χ1v) is 10.6. The number of carbonyl (C=O) groups excluding carboxylic acids is 1. The summed E-state index contributed by atoms with van der Waals surface area (Å²) in [5, 5.41) is 3.52. The van der Waals surface area contributed by atoms with Crippen LogP contribution < -0.4 is 15.4 Å². The van der Waals surface area contributed by atoms with Gasteiger partial charge in [0.15, 0.2) is 12.4 Å². The zero-order valence-electron chi connectivity index (χ0n) is 18.2. The number of hydrogen-bond acceptors (Lipinski definition) is 3. The molecule has 0 spiro atoms. The summed E-state index contributed by atoms with van der Waals surface area (Å²) < 4.78 is 3.50. The number of amides is 1. The van der Waals surface area contributed by atoms with Gasteiger partial charge in [-0.1, -0.05) is 0 Å². The first-order chi connectivity index (χ1) is 14.9. The van der Waals surface area contributed by atoms with E-state index in [4.69, 9.17) is 0 Å². The van der Waals surface area contributed by atoms with Crippen molar-refractivity contribution < 1.29 is 9.36 Å². The minimum absolute atomic E-state index is 0.159.